The molecule has 2 amide bonds. The summed E-state index contributed by atoms with van der Waals surface area (Å²) in [6.07, 6.45) is -1.45. The second-order valence-electron chi connectivity index (χ2n) is 9.54. The fourth-order valence-electron chi connectivity index (χ4n) is 4.85. The summed E-state index contributed by atoms with van der Waals surface area (Å²) in [6.45, 7) is -0.550. The molecule has 0 unspecified atom stereocenters. The van der Waals surface area contributed by atoms with Crippen molar-refractivity contribution < 1.29 is 46.9 Å². The standard InChI is InChI=1S/C28H27F3N3O6/c29-28(30,31)18-39-25-15-22(40-23-5-3-11-33(37)16-23)8-7-19(25)14-26(35)32-12-9-21(10-13-32)34-24-6-2-1-4-20(24)17-38-27(34)36/h1-8,11,15-16,21,37H,9-10,12-14,17-18H2/q+1. The summed E-state index contributed by atoms with van der Waals surface area (Å²) in [5.41, 5.74) is 2.01. The molecule has 0 saturated carbocycles. The molecule has 0 radical (unpaired) electrons. The number of hydrogen-bond acceptors (Lipinski definition) is 6. The number of para-hydroxylation sites is 1. The molecule has 12 heteroatoms. The number of carbonyl (C=O) groups excluding carboxylic acids is 2. The maximum absolute atomic E-state index is 13.2. The quantitative estimate of drug-likeness (QED) is 0.336. The molecule has 1 saturated heterocycles. The number of halogens is 3. The van der Waals surface area contributed by atoms with Crippen LogP contribution in [0, 0.1) is 0 Å². The molecule has 2 aromatic carbocycles. The van der Waals surface area contributed by atoms with Crippen molar-refractivity contribution in [2.24, 2.45) is 0 Å². The third-order valence-corrected chi connectivity index (χ3v) is 6.75. The Labute approximate surface area is 227 Å². The number of amides is 2. The van der Waals surface area contributed by atoms with Crippen molar-refractivity contribution in [1.82, 2.24) is 4.90 Å². The average Bonchev–Trinajstić information content (AvgIpc) is 2.92. The molecule has 3 aromatic rings. The van der Waals surface area contributed by atoms with Gasteiger partial charge in [0.15, 0.2) is 12.4 Å². The first kappa shape index (κ1) is 27.1. The molecule has 5 rings (SSSR count). The summed E-state index contributed by atoms with van der Waals surface area (Å²) in [4.78, 5) is 29.0. The normalized spacial score (nSPS) is 15.8. The van der Waals surface area contributed by atoms with E-state index in [2.05, 4.69) is 0 Å². The number of cyclic esters (lactones) is 1. The number of piperidine rings is 1. The molecule has 1 N–H and O–H groups in total. The van der Waals surface area contributed by atoms with Gasteiger partial charge in [0, 0.05) is 47.1 Å². The highest BCUT2D eigenvalue weighted by atomic mass is 19.4. The fourth-order valence-corrected chi connectivity index (χ4v) is 4.85. The Bertz CT molecular complexity index is 1390. The summed E-state index contributed by atoms with van der Waals surface area (Å²) in [5.74, 6) is 0.0290. The van der Waals surface area contributed by atoms with Gasteiger partial charge >= 0.3 is 12.3 Å². The predicted molar refractivity (Wildman–Crippen MR) is 134 cm³/mol. The largest absolute Gasteiger partial charge is 0.484 e. The lowest BCUT2D eigenvalue weighted by atomic mass is 10.00. The Morgan fingerprint density at radius 3 is 2.60 bits per heavy atom. The molecule has 0 bridgehead atoms. The van der Waals surface area contributed by atoms with Crippen molar-refractivity contribution in [2.45, 2.75) is 38.1 Å². The molecule has 0 spiro atoms. The topological polar surface area (TPSA) is 92.4 Å². The molecule has 1 aromatic heterocycles. The molecular formula is C28H27F3N3O6+. The molecule has 9 nitrogen and oxygen atoms in total. The van der Waals surface area contributed by atoms with Crippen LogP contribution < -0.4 is 19.1 Å². The summed E-state index contributed by atoms with van der Waals surface area (Å²) in [6, 6.07) is 14.8. The third kappa shape index (κ3) is 6.38. The van der Waals surface area contributed by atoms with E-state index in [0.29, 0.717) is 25.9 Å². The van der Waals surface area contributed by atoms with Gasteiger partial charge in [-0.25, -0.2) is 4.79 Å². The van der Waals surface area contributed by atoms with Gasteiger partial charge in [-0.3, -0.25) is 14.9 Å². The Balaban J connectivity index is 1.26. The Morgan fingerprint density at radius 2 is 1.85 bits per heavy atom. The van der Waals surface area contributed by atoms with Gasteiger partial charge in [-0.2, -0.15) is 13.2 Å². The van der Waals surface area contributed by atoms with Crippen LogP contribution in [-0.4, -0.2) is 54.0 Å². The average molecular weight is 559 g/mol. The van der Waals surface area contributed by atoms with E-state index in [0.717, 1.165) is 16.0 Å². The van der Waals surface area contributed by atoms with Crippen LogP contribution in [0.1, 0.15) is 24.0 Å². The predicted octanol–water partition coefficient (Wildman–Crippen LogP) is 4.64. The maximum Gasteiger partial charge on any atom is 0.422 e. The number of fused-ring (bicyclic) bond motifs is 1. The maximum atomic E-state index is 13.2. The van der Waals surface area contributed by atoms with E-state index in [9.17, 15) is 28.0 Å². The first-order valence-corrected chi connectivity index (χ1v) is 12.7. The lowest BCUT2D eigenvalue weighted by Gasteiger charge is -2.40. The summed E-state index contributed by atoms with van der Waals surface area (Å²) < 4.78 is 55.6. The highest BCUT2D eigenvalue weighted by Crippen LogP contribution is 2.33. The highest BCUT2D eigenvalue weighted by molar-refractivity contribution is 5.91. The minimum atomic E-state index is -4.57. The van der Waals surface area contributed by atoms with Crippen molar-refractivity contribution in [3.63, 3.8) is 0 Å². The van der Waals surface area contributed by atoms with Gasteiger partial charge in [0.1, 0.15) is 18.1 Å². The lowest BCUT2D eigenvalue weighted by molar-refractivity contribution is -0.904. The molecular weight excluding hydrogens is 531 g/mol. The van der Waals surface area contributed by atoms with Crippen LogP contribution in [0.15, 0.2) is 67.0 Å². The second kappa shape index (κ2) is 11.3. The zero-order chi connectivity index (χ0) is 28.3. The van der Waals surface area contributed by atoms with Crippen molar-refractivity contribution in [2.75, 3.05) is 24.6 Å². The first-order valence-electron chi connectivity index (χ1n) is 12.7. The zero-order valence-electron chi connectivity index (χ0n) is 21.3. The van der Waals surface area contributed by atoms with E-state index in [-0.39, 0.29) is 47.8 Å². The molecule has 40 heavy (non-hydrogen) atoms. The zero-order valence-corrected chi connectivity index (χ0v) is 21.3. The molecule has 2 aliphatic rings. The lowest BCUT2D eigenvalue weighted by Crippen LogP contribution is -2.50. The van der Waals surface area contributed by atoms with Gasteiger partial charge in [-0.05, 0) is 31.0 Å². The Kier molecular flexibility index (Phi) is 7.67. The Hall–Kier alpha value is -4.48. The van der Waals surface area contributed by atoms with Crippen LogP contribution in [0.4, 0.5) is 23.7 Å². The number of aromatic nitrogens is 1. The molecule has 2 aliphatic heterocycles. The van der Waals surface area contributed by atoms with Crippen LogP contribution in [0.3, 0.4) is 0 Å². The highest BCUT2D eigenvalue weighted by Gasteiger charge is 2.35. The van der Waals surface area contributed by atoms with E-state index in [1.165, 1.54) is 36.7 Å². The number of carbonyl (C=O) groups is 2. The number of pyridine rings is 1. The smallest absolute Gasteiger partial charge is 0.422 e. The Morgan fingerprint density at radius 1 is 1.07 bits per heavy atom. The van der Waals surface area contributed by atoms with Crippen molar-refractivity contribution in [3.05, 3.63) is 78.1 Å². The van der Waals surface area contributed by atoms with Crippen molar-refractivity contribution >= 4 is 17.7 Å². The van der Waals surface area contributed by atoms with Crippen LogP contribution in [-0.2, 0) is 22.6 Å². The number of ether oxygens (including phenoxy) is 3. The van der Waals surface area contributed by atoms with E-state index >= 15 is 0 Å². The minimum absolute atomic E-state index is 0.126. The molecule has 0 atom stereocenters. The number of likely N-dealkylation sites (tertiary alicyclic amines) is 1. The first-order chi connectivity index (χ1) is 19.2. The van der Waals surface area contributed by atoms with Gasteiger partial charge in [0.05, 0.1) is 12.1 Å². The van der Waals surface area contributed by atoms with Crippen molar-refractivity contribution in [1.29, 1.82) is 0 Å². The van der Waals surface area contributed by atoms with E-state index in [1.54, 1.807) is 15.9 Å². The van der Waals surface area contributed by atoms with Gasteiger partial charge in [-0.1, -0.05) is 24.3 Å². The summed E-state index contributed by atoms with van der Waals surface area (Å²) in [5, 5.41) is 9.55. The van der Waals surface area contributed by atoms with Crippen LogP contribution in [0.5, 0.6) is 17.2 Å². The monoisotopic (exact) mass is 558 g/mol. The van der Waals surface area contributed by atoms with Gasteiger partial charge in [-0.15, -0.1) is 0 Å². The fraction of sp³-hybridized carbons (Fsp3) is 0.321. The van der Waals surface area contributed by atoms with Crippen LogP contribution >= 0.6 is 0 Å². The number of nitrogens with zero attached hydrogens (tertiary/aromatic N) is 3. The van der Waals surface area contributed by atoms with E-state index in [1.807, 2.05) is 24.3 Å². The number of alkyl halides is 3. The molecule has 210 valence electrons. The molecule has 0 aliphatic carbocycles. The number of benzene rings is 2. The number of rotatable bonds is 7. The van der Waals surface area contributed by atoms with E-state index in [4.69, 9.17) is 14.2 Å². The van der Waals surface area contributed by atoms with Crippen molar-refractivity contribution in [3.8, 4) is 17.2 Å². The molecule has 3 heterocycles. The van der Waals surface area contributed by atoms with Gasteiger partial charge < -0.3 is 19.1 Å². The summed E-state index contributed by atoms with van der Waals surface area (Å²) >= 11 is 0. The minimum Gasteiger partial charge on any atom is -0.484 e. The molecule has 1 fully saturated rings. The van der Waals surface area contributed by atoms with Gasteiger partial charge in [0.2, 0.25) is 12.1 Å². The van der Waals surface area contributed by atoms with Crippen LogP contribution in [0.2, 0.25) is 0 Å². The third-order valence-electron chi connectivity index (χ3n) is 6.75. The SMILES string of the molecule is O=C(Cc1ccc(Oc2ccc[n+](O)c2)cc1OCC(F)(F)F)N1CCC(N2C(=O)OCc3ccccc32)CC1. The van der Waals surface area contributed by atoms with E-state index < -0.39 is 18.9 Å². The van der Waals surface area contributed by atoms with Crippen LogP contribution in [0.25, 0.3) is 0 Å². The summed E-state index contributed by atoms with van der Waals surface area (Å²) in [7, 11) is 0. The van der Waals surface area contributed by atoms with Gasteiger partial charge in [0.25, 0.3) is 6.20 Å². The number of hydrogen-bond donors (Lipinski definition) is 1. The second-order valence-corrected chi connectivity index (χ2v) is 9.54. The number of anilines is 1.